The third-order valence-corrected chi connectivity index (χ3v) is 7.19. The van der Waals surface area contributed by atoms with Crippen LogP contribution < -0.4 is 10.2 Å². The number of nitrogens with one attached hydrogen (secondary N) is 1. The van der Waals surface area contributed by atoms with Gasteiger partial charge >= 0.3 is 5.97 Å². The first kappa shape index (κ1) is 29.5. The fourth-order valence-corrected chi connectivity index (χ4v) is 4.81. The van der Waals surface area contributed by atoms with E-state index in [1.54, 1.807) is 6.07 Å². The van der Waals surface area contributed by atoms with Crippen LogP contribution in [0.3, 0.4) is 0 Å². The third kappa shape index (κ3) is 5.99. The van der Waals surface area contributed by atoms with Crippen LogP contribution in [-0.2, 0) is 4.74 Å². The number of nitro benzene ring substituents is 1. The van der Waals surface area contributed by atoms with Crippen molar-refractivity contribution in [2.45, 2.75) is 33.2 Å². The standard InChI is InChI=1S/C29H33N7O4.CH4/c1-18-14-25(34(4)13-12-33(2)3)26(36(38)39)15-23(18)31-29-30-16-21(28(37)40-5)27(32-29)22-17-35(19-10-11-19)24-9-7-6-8-20(22)24;/h6-9,14-17,19H,10-13H2,1-5H3,(H,30,31,32);1H4. The van der Waals surface area contributed by atoms with Gasteiger partial charge in [0.2, 0.25) is 5.95 Å². The van der Waals surface area contributed by atoms with Crippen molar-refractivity contribution in [3.63, 3.8) is 0 Å². The zero-order chi connectivity index (χ0) is 28.6. The molecule has 1 aliphatic rings. The van der Waals surface area contributed by atoms with Crippen molar-refractivity contribution in [3.8, 4) is 11.3 Å². The molecule has 0 amide bonds. The number of methoxy groups -OCH3 is 1. The summed E-state index contributed by atoms with van der Waals surface area (Å²) in [6.45, 7) is 3.27. The number of carbonyl (C=O) groups excluding carboxylic acids is 1. The molecule has 0 atom stereocenters. The van der Waals surface area contributed by atoms with Crippen molar-refractivity contribution in [1.29, 1.82) is 0 Å². The average Bonchev–Trinajstić information content (AvgIpc) is 3.71. The van der Waals surface area contributed by atoms with E-state index in [1.165, 1.54) is 19.4 Å². The summed E-state index contributed by atoms with van der Waals surface area (Å²) >= 11 is 0. The van der Waals surface area contributed by atoms with E-state index < -0.39 is 5.97 Å². The van der Waals surface area contributed by atoms with E-state index in [0.29, 0.717) is 29.7 Å². The zero-order valence-corrected chi connectivity index (χ0v) is 23.3. The van der Waals surface area contributed by atoms with Gasteiger partial charge in [0.1, 0.15) is 11.3 Å². The number of carbonyl (C=O) groups is 1. The minimum absolute atomic E-state index is 0. The Labute approximate surface area is 239 Å². The number of esters is 1. The van der Waals surface area contributed by atoms with Gasteiger partial charge < -0.3 is 24.4 Å². The predicted octanol–water partition coefficient (Wildman–Crippen LogP) is 5.81. The molecular formula is C30H37N7O4. The van der Waals surface area contributed by atoms with Crippen molar-refractivity contribution in [2.75, 3.05) is 51.6 Å². The number of fused-ring (bicyclic) bond motifs is 1. The van der Waals surface area contributed by atoms with E-state index in [-0.39, 0.29) is 29.5 Å². The number of likely N-dealkylation sites (N-methyl/N-ethyl adjacent to an activating group) is 2. The van der Waals surface area contributed by atoms with Crippen molar-refractivity contribution in [1.82, 2.24) is 19.4 Å². The van der Waals surface area contributed by atoms with Crippen LogP contribution in [-0.4, -0.2) is 71.7 Å². The first-order valence-electron chi connectivity index (χ1n) is 13.1. The highest BCUT2D eigenvalue weighted by Gasteiger charge is 2.28. The topological polar surface area (TPSA) is 119 Å². The Morgan fingerprint density at radius 2 is 1.93 bits per heavy atom. The number of para-hydroxylation sites is 1. The molecule has 2 aromatic heterocycles. The molecule has 0 spiro atoms. The van der Waals surface area contributed by atoms with Crippen LogP contribution in [0.5, 0.6) is 0 Å². The van der Waals surface area contributed by atoms with Crippen molar-refractivity contribution in [3.05, 3.63) is 70.0 Å². The van der Waals surface area contributed by atoms with Crippen LogP contribution in [0.25, 0.3) is 22.2 Å². The number of anilines is 3. The van der Waals surface area contributed by atoms with E-state index in [1.807, 2.05) is 62.3 Å². The second-order valence-corrected chi connectivity index (χ2v) is 10.4. The molecule has 0 unspecified atom stereocenters. The summed E-state index contributed by atoms with van der Waals surface area (Å²) in [6.07, 6.45) is 5.69. The maximum Gasteiger partial charge on any atom is 0.341 e. The number of benzene rings is 2. The summed E-state index contributed by atoms with van der Waals surface area (Å²) in [5, 5.41) is 16.1. The van der Waals surface area contributed by atoms with E-state index in [4.69, 9.17) is 9.72 Å². The molecule has 1 N–H and O–H groups in total. The molecule has 11 nitrogen and oxygen atoms in total. The molecule has 0 radical (unpaired) electrons. The molecule has 2 aromatic carbocycles. The summed E-state index contributed by atoms with van der Waals surface area (Å²) in [7, 11) is 7.09. The van der Waals surface area contributed by atoms with Gasteiger partial charge in [0, 0.05) is 61.1 Å². The number of aromatic nitrogens is 3. The second kappa shape index (κ2) is 11.9. The van der Waals surface area contributed by atoms with E-state index in [9.17, 15) is 14.9 Å². The van der Waals surface area contributed by atoms with E-state index in [0.717, 1.165) is 41.4 Å². The molecule has 5 rings (SSSR count). The Balaban J connectivity index is 0.00000387. The molecule has 11 heteroatoms. The van der Waals surface area contributed by atoms with Crippen LogP contribution in [0.15, 0.2) is 48.8 Å². The number of ether oxygens (including phenoxy) is 1. The minimum Gasteiger partial charge on any atom is -0.465 e. The van der Waals surface area contributed by atoms with Crippen molar-refractivity contribution >= 4 is 39.9 Å². The lowest BCUT2D eigenvalue weighted by Crippen LogP contribution is -2.29. The lowest BCUT2D eigenvalue weighted by molar-refractivity contribution is -0.384. The molecule has 41 heavy (non-hydrogen) atoms. The molecule has 1 saturated carbocycles. The number of nitrogens with zero attached hydrogens (tertiary/aromatic N) is 6. The highest BCUT2D eigenvalue weighted by atomic mass is 16.6. The van der Waals surface area contributed by atoms with Gasteiger partial charge in [0.15, 0.2) is 0 Å². The van der Waals surface area contributed by atoms with Crippen LogP contribution in [0.4, 0.5) is 23.0 Å². The number of hydrogen-bond donors (Lipinski definition) is 1. The monoisotopic (exact) mass is 559 g/mol. The smallest absolute Gasteiger partial charge is 0.341 e. The molecule has 2 heterocycles. The van der Waals surface area contributed by atoms with Crippen LogP contribution >= 0.6 is 0 Å². The summed E-state index contributed by atoms with van der Waals surface area (Å²) < 4.78 is 7.27. The van der Waals surface area contributed by atoms with E-state index in [2.05, 4.69) is 20.9 Å². The fourth-order valence-electron chi connectivity index (χ4n) is 4.81. The number of nitro groups is 1. The first-order chi connectivity index (χ1) is 19.2. The zero-order valence-electron chi connectivity index (χ0n) is 23.3. The first-order valence-corrected chi connectivity index (χ1v) is 13.1. The molecule has 1 fully saturated rings. The van der Waals surface area contributed by atoms with Crippen LogP contribution in [0.1, 0.15) is 42.2 Å². The van der Waals surface area contributed by atoms with Gasteiger partial charge in [-0.1, -0.05) is 25.6 Å². The highest BCUT2D eigenvalue weighted by Crippen LogP contribution is 2.42. The quantitative estimate of drug-likeness (QED) is 0.146. The lowest BCUT2D eigenvalue weighted by Gasteiger charge is -2.22. The molecular weight excluding hydrogens is 522 g/mol. The van der Waals surface area contributed by atoms with Gasteiger partial charge in [-0.25, -0.2) is 14.8 Å². The molecule has 0 aliphatic heterocycles. The van der Waals surface area contributed by atoms with Crippen molar-refractivity contribution < 1.29 is 14.5 Å². The van der Waals surface area contributed by atoms with Gasteiger partial charge in [-0.3, -0.25) is 10.1 Å². The van der Waals surface area contributed by atoms with Gasteiger partial charge in [0.05, 0.1) is 23.4 Å². The van der Waals surface area contributed by atoms with Gasteiger partial charge in [-0.05, 0) is 51.6 Å². The largest absolute Gasteiger partial charge is 0.465 e. The average molecular weight is 560 g/mol. The fraction of sp³-hybridized carbons (Fsp3) is 0.367. The van der Waals surface area contributed by atoms with Gasteiger partial charge in [-0.2, -0.15) is 0 Å². The molecule has 216 valence electrons. The van der Waals surface area contributed by atoms with Gasteiger partial charge in [0.25, 0.3) is 5.69 Å². The maximum atomic E-state index is 12.7. The molecule has 4 aromatic rings. The lowest BCUT2D eigenvalue weighted by atomic mass is 10.1. The Morgan fingerprint density at radius 1 is 1.20 bits per heavy atom. The summed E-state index contributed by atoms with van der Waals surface area (Å²) in [5.74, 6) is -0.321. The minimum atomic E-state index is -0.540. The Bertz CT molecular complexity index is 1590. The molecule has 0 saturated heterocycles. The highest BCUT2D eigenvalue weighted by molar-refractivity contribution is 6.03. The van der Waals surface area contributed by atoms with Crippen LogP contribution in [0.2, 0.25) is 0 Å². The number of aryl methyl sites for hydroxylation is 1. The normalized spacial score (nSPS) is 12.7. The maximum absolute atomic E-state index is 12.7. The predicted molar refractivity (Wildman–Crippen MR) is 162 cm³/mol. The van der Waals surface area contributed by atoms with Gasteiger partial charge in [-0.15, -0.1) is 0 Å². The Hall–Kier alpha value is -4.51. The summed E-state index contributed by atoms with van der Waals surface area (Å²) in [5.41, 5.74) is 4.37. The second-order valence-electron chi connectivity index (χ2n) is 10.4. The summed E-state index contributed by atoms with van der Waals surface area (Å²) in [6, 6.07) is 11.8. The van der Waals surface area contributed by atoms with E-state index >= 15 is 0 Å². The molecule has 0 bridgehead atoms. The van der Waals surface area contributed by atoms with Crippen molar-refractivity contribution in [2.24, 2.45) is 0 Å². The summed E-state index contributed by atoms with van der Waals surface area (Å²) in [4.78, 5) is 37.4. The SMILES string of the molecule is C.COC(=O)c1cnc(Nc2cc([N+](=O)[O-])c(N(C)CCN(C)C)cc2C)nc1-c1cn(C2CC2)c2ccccc12. The number of rotatable bonds is 10. The Morgan fingerprint density at radius 3 is 2.59 bits per heavy atom. The molecule has 1 aliphatic carbocycles. The number of hydrogen-bond acceptors (Lipinski definition) is 9. The third-order valence-electron chi connectivity index (χ3n) is 7.19. The van der Waals surface area contributed by atoms with Crippen LogP contribution in [0, 0.1) is 17.0 Å². The Kier molecular flexibility index (Phi) is 8.57.